The van der Waals surface area contributed by atoms with Gasteiger partial charge in [0.05, 0.1) is 5.71 Å². The van der Waals surface area contributed by atoms with Gasteiger partial charge in [-0.15, -0.1) is 0 Å². The second-order valence-corrected chi connectivity index (χ2v) is 3.02. The van der Waals surface area contributed by atoms with Crippen molar-refractivity contribution in [3.8, 4) is 0 Å². The van der Waals surface area contributed by atoms with E-state index in [0.29, 0.717) is 6.54 Å². The fourth-order valence-electron chi connectivity index (χ4n) is 1.23. The van der Waals surface area contributed by atoms with E-state index in [1.54, 1.807) is 0 Å². The van der Waals surface area contributed by atoms with Gasteiger partial charge in [-0.05, 0) is 12.8 Å². The number of nitrogens with zero attached hydrogens (tertiary/aromatic N) is 1. The maximum absolute atomic E-state index is 5.60. The highest BCUT2D eigenvalue weighted by Gasteiger charge is 2.35. The minimum absolute atomic E-state index is 0.175. The Morgan fingerprint density at radius 2 is 2.36 bits per heavy atom. The summed E-state index contributed by atoms with van der Waals surface area (Å²) in [6.07, 6.45) is 2.83. The van der Waals surface area contributed by atoms with Crippen LogP contribution in [0, 0.1) is 0 Å². The average molecular weight is 156 g/mol. The summed E-state index contributed by atoms with van der Waals surface area (Å²) in [5.41, 5.74) is 6.56. The van der Waals surface area contributed by atoms with Crippen LogP contribution >= 0.6 is 0 Å². The molecule has 1 aliphatic rings. The first kappa shape index (κ1) is 8.53. The fraction of sp³-hybridized carbons (Fsp3) is 0.875. The largest absolute Gasteiger partial charge is 0.388 e. The van der Waals surface area contributed by atoms with Crippen molar-refractivity contribution in [2.24, 2.45) is 10.9 Å². The van der Waals surface area contributed by atoms with Gasteiger partial charge < -0.3 is 10.6 Å². The fourth-order valence-corrected chi connectivity index (χ4v) is 1.23. The monoisotopic (exact) mass is 156 g/mol. The summed E-state index contributed by atoms with van der Waals surface area (Å²) < 4.78 is 0. The summed E-state index contributed by atoms with van der Waals surface area (Å²) in [5.74, 6) is 0. The molecule has 0 aromatic rings. The van der Waals surface area contributed by atoms with Crippen LogP contribution in [-0.2, 0) is 4.84 Å². The summed E-state index contributed by atoms with van der Waals surface area (Å²) in [6, 6.07) is 0. The Balaban J connectivity index is 2.54. The van der Waals surface area contributed by atoms with Crippen molar-refractivity contribution in [2.45, 2.75) is 38.7 Å². The molecule has 11 heavy (non-hydrogen) atoms. The topological polar surface area (TPSA) is 47.6 Å². The van der Waals surface area contributed by atoms with E-state index >= 15 is 0 Å². The third kappa shape index (κ3) is 1.53. The van der Waals surface area contributed by atoms with Crippen LogP contribution < -0.4 is 5.73 Å². The van der Waals surface area contributed by atoms with E-state index in [1.807, 2.05) is 0 Å². The molecule has 0 bridgehead atoms. The van der Waals surface area contributed by atoms with Crippen LogP contribution in [0.5, 0.6) is 0 Å². The number of rotatable bonds is 3. The van der Waals surface area contributed by atoms with E-state index in [9.17, 15) is 0 Å². The lowest BCUT2D eigenvalue weighted by Crippen LogP contribution is -2.37. The van der Waals surface area contributed by atoms with Gasteiger partial charge in [0.15, 0.2) is 5.60 Å². The smallest absolute Gasteiger partial charge is 0.154 e. The first-order chi connectivity index (χ1) is 5.26. The first-order valence-electron chi connectivity index (χ1n) is 4.20. The van der Waals surface area contributed by atoms with E-state index in [4.69, 9.17) is 10.6 Å². The highest BCUT2D eigenvalue weighted by atomic mass is 16.7. The Morgan fingerprint density at radius 3 is 2.64 bits per heavy atom. The highest BCUT2D eigenvalue weighted by molar-refractivity contribution is 5.85. The van der Waals surface area contributed by atoms with E-state index in [1.165, 1.54) is 0 Å². The zero-order valence-electron chi connectivity index (χ0n) is 7.26. The number of oxime groups is 1. The van der Waals surface area contributed by atoms with Gasteiger partial charge in [0.25, 0.3) is 0 Å². The van der Waals surface area contributed by atoms with Crippen molar-refractivity contribution in [1.29, 1.82) is 0 Å². The molecular formula is C8H16N2O. The van der Waals surface area contributed by atoms with Crippen LogP contribution in [0.4, 0.5) is 0 Å². The first-order valence-corrected chi connectivity index (χ1v) is 4.20. The van der Waals surface area contributed by atoms with Crippen LogP contribution in [0.25, 0.3) is 0 Å². The predicted octanol–water partition coefficient (Wildman–Crippen LogP) is 1.28. The van der Waals surface area contributed by atoms with Crippen LogP contribution in [0.3, 0.4) is 0 Å². The zero-order chi connectivity index (χ0) is 8.32. The quantitative estimate of drug-likeness (QED) is 0.669. The van der Waals surface area contributed by atoms with Crippen LogP contribution in [-0.4, -0.2) is 17.9 Å². The van der Waals surface area contributed by atoms with E-state index in [0.717, 1.165) is 25.0 Å². The minimum atomic E-state index is -0.175. The molecule has 0 aliphatic carbocycles. The van der Waals surface area contributed by atoms with E-state index in [2.05, 4.69) is 19.0 Å². The molecule has 64 valence electrons. The van der Waals surface area contributed by atoms with Crippen LogP contribution in [0.15, 0.2) is 5.16 Å². The lowest BCUT2D eigenvalue weighted by Gasteiger charge is -2.22. The molecule has 1 heterocycles. The van der Waals surface area contributed by atoms with Crippen molar-refractivity contribution in [1.82, 2.24) is 0 Å². The van der Waals surface area contributed by atoms with Gasteiger partial charge in [-0.2, -0.15) is 0 Å². The number of hydrogen-bond donors (Lipinski definition) is 1. The zero-order valence-corrected chi connectivity index (χ0v) is 7.26. The second-order valence-electron chi connectivity index (χ2n) is 3.02. The Kier molecular flexibility index (Phi) is 2.49. The molecule has 0 unspecified atom stereocenters. The Morgan fingerprint density at radius 1 is 1.64 bits per heavy atom. The number of nitrogens with two attached hydrogens (primary N) is 1. The second kappa shape index (κ2) is 3.22. The normalized spacial score (nSPS) is 29.9. The van der Waals surface area contributed by atoms with Crippen molar-refractivity contribution in [2.75, 3.05) is 6.54 Å². The number of hydrogen-bond acceptors (Lipinski definition) is 3. The molecule has 1 atom stereocenters. The van der Waals surface area contributed by atoms with E-state index < -0.39 is 0 Å². The Hall–Kier alpha value is -0.570. The summed E-state index contributed by atoms with van der Waals surface area (Å²) >= 11 is 0. The molecule has 0 saturated heterocycles. The summed E-state index contributed by atoms with van der Waals surface area (Å²) in [6.45, 7) is 4.74. The lowest BCUT2D eigenvalue weighted by atomic mass is 9.94. The van der Waals surface area contributed by atoms with Gasteiger partial charge in [0.1, 0.15) is 0 Å². The molecule has 0 saturated carbocycles. The van der Waals surface area contributed by atoms with Gasteiger partial charge in [-0.1, -0.05) is 19.0 Å². The molecule has 3 nitrogen and oxygen atoms in total. The van der Waals surface area contributed by atoms with E-state index in [-0.39, 0.29) is 5.60 Å². The third-order valence-electron chi connectivity index (χ3n) is 2.32. The molecule has 0 fully saturated rings. The molecule has 1 aliphatic heterocycles. The molecule has 0 aromatic carbocycles. The molecule has 0 amide bonds. The SMILES string of the molecule is CCC1=NO[C@](CC)(CN)C1. The summed E-state index contributed by atoms with van der Waals surface area (Å²) in [7, 11) is 0. The maximum atomic E-state index is 5.60. The molecule has 0 aromatic heterocycles. The standard InChI is InChI=1S/C8H16N2O/c1-3-7-5-8(4-2,6-9)11-10-7/h3-6,9H2,1-2H3/t8-/m0/s1. The van der Waals surface area contributed by atoms with Gasteiger partial charge >= 0.3 is 0 Å². The predicted molar refractivity (Wildman–Crippen MR) is 45.5 cm³/mol. The third-order valence-corrected chi connectivity index (χ3v) is 2.32. The Bertz CT molecular complexity index is 161. The molecule has 0 radical (unpaired) electrons. The molecule has 1 rings (SSSR count). The molecule has 0 spiro atoms. The highest BCUT2D eigenvalue weighted by Crippen LogP contribution is 2.26. The van der Waals surface area contributed by atoms with Crippen molar-refractivity contribution >= 4 is 5.71 Å². The van der Waals surface area contributed by atoms with Gasteiger partial charge in [-0.25, -0.2) is 0 Å². The Labute approximate surface area is 67.6 Å². The molecular weight excluding hydrogens is 140 g/mol. The van der Waals surface area contributed by atoms with Crippen LogP contribution in [0.2, 0.25) is 0 Å². The average Bonchev–Trinajstić information content (AvgIpc) is 2.49. The van der Waals surface area contributed by atoms with Gasteiger partial charge in [-0.3, -0.25) is 0 Å². The van der Waals surface area contributed by atoms with Gasteiger partial charge in [0.2, 0.25) is 0 Å². The molecule has 3 heteroatoms. The lowest BCUT2D eigenvalue weighted by molar-refractivity contribution is -0.0140. The van der Waals surface area contributed by atoms with Gasteiger partial charge in [0, 0.05) is 13.0 Å². The molecule has 2 N–H and O–H groups in total. The van der Waals surface area contributed by atoms with Crippen molar-refractivity contribution in [3.63, 3.8) is 0 Å². The minimum Gasteiger partial charge on any atom is -0.388 e. The maximum Gasteiger partial charge on any atom is 0.154 e. The van der Waals surface area contributed by atoms with Crippen LogP contribution in [0.1, 0.15) is 33.1 Å². The summed E-state index contributed by atoms with van der Waals surface area (Å²) in [5, 5.41) is 3.99. The summed E-state index contributed by atoms with van der Waals surface area (Å²) in [4.78, 5) is 5.31. The van der Waals surface area contributed by atoms with Crippen molar-refractivity contribution < 1.29 is 4.84 Å². The van der Waals surface area contributed by atoms with Crippen molar-refractivity contribution in [3.05, 3.63) is 0 Å².